The van der Waals surface area contributed by atoms with Gasteiger partial charge in [-0.25, -0.2) is 0 Å². The van der Waals surface area contributed by atoms with Crippen LogP contribution in [0.4, 0.5) is 0 Å². The summed E-state index contributed by atoms with van der Waals surface area (Å²) in [6.45, 7) is 3.42. The van der Waals surface area contributed by atoms with E-state index in [0.29, 0.717) is 6.54 Å². The highest BCUT2D eigenvalue weighted by atomic mass is 16.2. The number of benzene rings is 3. The zero-order chi connectivity index (χ0) is 19.1. The summed E-state index contributed by atoms with van der Waals surface area (Å²) in [5, 5.41) is 1.22. The fourth-order valence-electron chi connectivity index (χ4n) is 4.16. The average Bonchev–Trinajstić information content (AvgIpc) is 3.11. The Morgan fingerprint density at radius 3 is 2.61 bits per heavy atom. The molecule has 0 saturated heterocycles. The summed E-state index contributed by atoms with van der Waals surface area (Å²) < 4.78 is 0. The molecule has 1 aliphatic rings. The van der Waals surface area contributed by atoms with Crippen LogP contribution in [0.5, 0.6) is 0 Å². The Balaban J connectivity index is 1.51. The number of hydrogen-bond donors (Lipinski definition) is 1. The van der Waals surface area contributed by atoms with Crippen molar-refractivity contribution >= 4 is 16.8 Å². The van der Waals surface area contributed by atoms with Crippen LogP contribution in [0.1, 0.15) is 27.2 Å². The Hall–Kier alpha value is -3.33. The fraction of sp³-hybridized carbons (Fsp3) is 0.160. The number of nitrogens with one attached hydrogen (secondary N) is 1. The second kappa shape index (κ2) is 6.68. The molecule has 3 aromatic carbocycles. The summed E-state index contributed by atoms with van der Waals surface area (Å²) in [7, 11) is 0. The van der Waals surface area contributed by atoms with Gasteiger partial charge in [0.2, 0.25) is 0 Å². The number of rotatable bonds is 2. The SMILES string of the molecule is Cc1cccc(C(=O)N2CCc3[nH]c4ccc(-c5ccccc5)cc4c3C2)c1. The maximum atomic E-state index is 13.0. The van der Waals surface area contributed by atoms with Crippen LogP contribution in [0.2, 0.25) is 0 Å². The smallest absolute Gasteiger partial charge is 0.254 e. The third-order valence-electron chi connectivity index (χ3n) is 5.63. The summed E-state index contributed by atoms with van der Waals surface area (Å²) in [4.78, 5) is 18.6. The Labute approximate surface area is 164 Å². The van der Waals surface area contributed by atoms with Crippen LogP contribution in [0, 0.1) is 6.92 Å². The van der Waals surface area contributed by atoms with Gasteiger partial charge in [-0.05, 0) is 42.3 Å². The van der Waals surface area contributed by atoms with Crippen LogP contribution in [0.3, 0.4) is 0 Å². The summed E-state index contributed by atoms with van der Waals surface area (Å²) in [5.41, 5.74) is 7.96. The van der Waals surface area contributed by atoms with Crippen molar-refractivity contribution < 1.29 is 4.79 Å². The van der Waals surface area contributed by atoms with Gasteiger partial charge in [-0.15, -0.1) is 0 Å². The van der Waals surface area contributed by atoms with Gasteiger partial charge in [0.05, 0.1) is 0 Å². The Morgan fingerprint density at radius 1 is 0.929 bits per heavy atom. The number of H-pyrrole nitrogens is 1. The van der Waals surface area contributed by atoms with E-state index in [-0.39, 0.29) is 5.91 Å². The summed E-state index contributed by atoms with van der Waals surface area (Å²) in [6.07, 6.45) is 0.863. The number of aromatic nitrogens is 1. The number of fused-ring (bicyclic) bond motifs is 3. The first-order valence-corrected chi connectivity index (χ1v) is 9.74. The average molecular weight is 366 g/mol. The van der Waals surface area contributed by atoms with Gasteiger partial charge >= 0.3 is 0 Å². The molecule has 0 saturated carbocycles. The molecule has 4 aromatic rings. The molecular formula is C25H22N2O. The molecule has 0 unspecified atom stereocenters. The highest BCUT2D eigenvalue weighted by molar-refractivity contribution is 5.95. The molecule has 0 aliphatic carbocycles. The van der Waals surface area contributed by atoms with E-state index in [9.17, 15) is 4.79 Å². The standard InChI is InChI=1S/C25H22N2O/c1-17-6-5-9-20(14-17)25(28)27-13-12-24-22(16-27)21-15-19(10-11-23(21)26-24)18-7-3-2-4-8-18/h2-11,14-15,26H,12-13,16H2,1H3. The first kappa shape index (κ1) is 16.8. The van der Waals surface area contributed by atoms with Crippen LogP contribution in [-0.4, -0.2) is 22.3 Å². The molecule has 5 rings (SSSR count). The first-order chi connectivity index (χ1) is 13.7. The Bertz CT molecular complexity index is 1170. The minimum Gasteiger partial charge on any atom is -0.358 e. The van der Waals surface area contributed by atoms with Crippen molar-refractivity contribution in [3.63, 3.8) is 0 Å². The molecule has 0 spiro atoms. The van der Waals surface area contributed by atoms with Gasteiger partial charge in [0.25, 0.3) is 5.91 Å². The van der Waals surface area contributed by atoms with E-state index in [1.165, 1.54) is 27.8 Å². The van der Waals surface area contributed by atoms with Crippen molar-refractivity contribution in [1.82, 2.24) is 9.88 Å². The van der Waals surface area contributed by atoms with E-state index in [1.54, 1.807) is 0 Å². The van der Waals surface area contributed by atoms with Gasteiger partial charge in [-0.2, -0.15) is 0 Å². The van der Waals surface area contributed by atoms with E-state index in [4.69, 9.17) is 0 Å². The summed E-state index contributed by atoms with van der Waals surface area (Å²) in [6, 6.07) is 24.9. The van der Waals surface area contributed by atoms with Crippen molar-refractivity contribution in [1.29, 1.82) is 0 Å². The van der Waals surface area contributed by atoms with E-state index < -0.39 is 0 Å². The number of amides is 1. The van der Waals surface area contributed by atoms with Crippen molar-refractivity contribution in [3.8, 4) is 11.1 Å². The molecule has 1 N–H and O–H groups in total. The van der Waals surface area contributed by atoms with Gasteiger partial charge in [0.15, 0.2) is 0 Å². The van der Waals surface area contributed by atoms with E-state index in [2.05, 4.69) is 47.4 Å². The van der Waals surface area contributed by atoms with E-state index in [1.807, 2.05) is 42.2 Å². The number of carbonyl (C=O) groups is 1. The van der Waals surface area contributed by atoms with E-state index in [0.717, 1.165) is 29.6 Å². The minimum absolute atomic E-state index is 0.114. The maximum Gasteiger partial charge on any atom is 0.254 e. The largest absolute Gasteiger partial charge is 0.358 e. The molecule has 0 radical (unpaired) electrons. The van der Waals surface area contributed by atoms with Gasteiger partial charge in [0.1, 0.15) is 0 Å². The normalized spacial score (nSPS) is 13.5. The number of aryl methyl sites for hydroxylation is 1. The van der Waals surface area contributed by atoms with Crippen LogP contribution in [-0.2, 0) is 13.0 Å². The molecule has 3 heteroatoms. The molecular weight excluding hydrogens is 344 g/mol. The second-order valence-corrected chi connectivity index (χ2v) is 7.55. The topological polar surface area (TPSA) is 36.1 Å². The van der Waals surface area contributed by atoms with Gasteiger partial charge in [0, 0.05) is 47.2 Å². The Kier molecular flexibility index (Phi) is 4.01. The lowest BCUT2D eigenvalue weighted by atomic mass is 9.99. The minimum atomic E-state index is 0.114. The third kappa shape index (κ3) is 2.89. The predicted molar refractivity (Wildman–Crippen MR) is 113 cm³/mol. The molecule has 3 nitrogen and oxygen atoms in total. The predicted octanol–water partition coefficient (Wildman–Crippen LogP) is 5.34. The van der Waals surface area contributed by atoms with Crippen molar-refractivity contribution in [2.45, 2.75) is 19.9 Å². The third-order valence-corrected chi connectivity index (χ3v) is 5.63. The lowest BCUT2D eigenvalue weighted by Crippen LogP contribution is -2.35. The lowest BCUT2D eigenvalue weighted by molar-refractivity contribution is 0.0735. The molecule has 1 amide bonds. The number of nitrogens with zero attached hydrogens (tertiary/aromatic N) is 1. The summed E-state index contributed by atoms with van der Waals surface area (Å²) in [5.74, 6) is 0.114. The fourth-order valence-corrected chi connectivity index (χ4v) is 4.16. The monoisotopic (exact) mass is 366 g/mol. The molecule has 28 heavy (non-hydrogen) atoms. The van der Waals surface area contributed by atoms with Crippen LogP contribution in [0.15, 0.2) is 72.8 Å². The molecule has 0 atom stereocenters. The molecule has 138 valence electrons. The summed E-state index contributed by atoms with van der Waals surface area (Å²) >= 11 is 0. The van der Waals surface area contributed by atoms with Crippen molar-refractivity contribution in [3.05, 3.63) is 95.2 Å². The van der Waals surface area contributed by atoms with E-state index >= 15 is 0 Å². The highest BCUT2D eigenvalue weighted by Crippen LogP contribution is 2.32. The number of aromatic amines is 1. The second-order valence-electron chi connectivity index (χ2n) is 7.55. The zero-order valence-electron chi connectivity index (χ0n) is 15.9. The van der Waals surface area contributed by atoms with Gasteiger partial charge < -0.3 is 9.88 Å². The molecule has 1 aromatic heterocycles. The van der Waals surface area contributed by atoms with Crippen LogP contribution < -0.4 is 0 Å². The molecule has 2 heterocycles. The van der Waals surface area contributed by atoms with Crippen molar-refractivity contribution in [2.75, 3.05) is 6.54 Å². The van der Waals surface area contributed by atoms with Crippen LogP contribution >= 0.6 is 0 Å². The van der Waals surface area contributed by atoms with Crippen LogP contribution in [0.25, 0.3) is 22.0 Å². The molecule has 0 fully saturated rings. The van der Waals surface area contributed by atoms with Crippen molar-refractivity contribution in [2.24, 2.45) is 0 Å². The number of carbonyl (C=O) groups excluding carboxylic acids is 1. The maximum absolute atomic E-state index is 13.0. The first-order valence-electron chi connectivity index (χ1n) is 9.74. The van der Waals surface area contributed by atoms with Gasteiger partial charge in [-0.3, -0.25) is 4.79 Å². The highest BCUT2D eigenvalue weighted by Gasteiger charge is 2.25. The Morgan fingerprint density at radius 2 is 1.79 bits per heavy atom. The number of hydrogen-bond acceptors (Lipinski definition) is 1. The molecule has 1 aliphatic heterocycles. The zero-order valence-corrected chi connectivity index (χ0v) is 15.9. The lowest BCUT2D eigenvalue weighted by Gasteiger charge is -2.27. The van der Waals surface area contributed by atoms with Gasteiger partial charge in [-0.1, -0.05) is 54.1 Å². The quantitative estimate of drug-likeness (QED) is 0.511. The molecule has 0 bridgehead atoms.